The topological polar surface area (TPSA) is 127 Å². The van der Waals surface area contributed by atoms with E-state index >= 15 is 0 Å². The van der Waals surface area contributed by atoms with E-state index in [4.69, 9.17) is 0 Å². The van der Waals surface area contributed by atoms with Gasteiger partial charge >= 0.3 is 17.3 Å². The third-order valence-electron chi connectivity index (χ3n) is 2.92. The number of nitrogens with zero attached hydrogens (tertiary/aromatic N) is 3. The maximum atomic E-state index is 11.3. The van der Waals surface area contributed by atoms with Crippen molar-refractivity contribution in [3.63, 3.8) is 0 Å². The van der Waals surface area contributed by atoms with Gasteiger partial charge in [0.05, 0.1) is 15.4 Å². The Bertz CT molecular complexity index is 612. The average molecular weight is 297 g/mol. The van der Waals surface area contributed by atoms with E-state index in [0.29, 0.717) is 6.42 Å². The maximum absolute atomic E-state index is 11.3. The SMILES string of the molecule is CCCc1c(C(=O)O)cc([N+](=O)[O-])c(N(C)C)c1[N+](=O)[O-]. The molecule has 1 rings (SSSR count). The van der Waals surface area contributed by atoms with E-state index in [9.17, 15) is 30.1 Å². The summed E-state index contributed by atoms with van der Waals surface area (Å²) in [5.74, 6) is -1.42. The van der Waals surface area contributed by atoms with Crippen molar-refractivity contribution in [1.82, 2.24) is 0 Å². The number of nitro groups is 2. The molecule has 1 N–H and O–H groups in total. The Balaban J connectivity index is 3.93. The Morgan fingerprint density at radius 3 is 2.19 bits per heavy atom. The second kappa shape index (κ2) is 6.16. The van der Waals surface area contributed by atoms with E-state index in [-0.39, 0.29) is 17.7 Å². The van der Waals surface area contributed by atoms with Gasteiger partial charge in [0.25, 0.3) is 0 Å². The molecule has 0 atom stereocenters. The van der Waals surface area contributed by atoms with Gasteiger partial charge in [0.1, 0.15) is 0 Å². The number of anilines is 1. The first-order valence-corrected chi connectivity index (χ1v) is 6.11. The summed E-state index contributed by atoms with van der Waals surface area (Å²) in [6, 6.07) is 0.885. The zero-order chi connectivity index (χ0) is 16.3. The Labute approximate surface area is 120 Å². The average Bonchev–Trinajstić information content (AvgIpc) is 2.36. The molecule has 0 aliphatic rings. The maximum Gasteiger partial charge on any atom is 0.336 e. The summed E-state index contributed by atoms with van der Waals surface area (Å²) in [5, 5.41) is 31.6. The van der Waals surface area contributed by atoms with Crippen LogP contribution in [0.3, 0.4) is 0 Å². The highest BCUT2D eigenvalue weighted by Gasteiger charge is 2.34. The predicted octanol–water partition coefficient (Wildman–Crippen LogP) is 2.22. The molecule has 0 saturated carbocycles. The molecule has 9 heteroatoms. The minimum atomic E-state index is -1.42. The summed E-state index contributed by atoms with van der Waals surface area (Å²) in [5.41, 5.74) is -1.71. The fourth-order valence-electron chi connectivity index (χ4n) is 2.15. The molecular weight excluding hydrogens is 282 g/mol. The summed E-state index contributed by atoms with van der Waals surface area (Å²) in [6.07, 6.45) is 0.628. The van der Waals surface area contributed by atoms with Crippen LogP contribution in [-0.4, -0.2) is 35.0 Å². The fraction of sp³-hybridized carbons (Fsp3) is 0.417. The normalized spacial score (nSPS) is 10.2. The first kappa shape index (κ1) is 16.3. The van der Waals surface area contributed by atoms with Crippen molar-refractivity contribution < 1.29 is 19.7 Å². The Morgan fingerprint density at radius 1 is 1.29 bits per heavy atom. The Morgan fingerprint density at radius 2 is 1.86 bits per heavy atom. The van der Waals surface area contributed by atoms with Crippen LogP contribution in [0.2, 0.25) is 0 Å². The lowest BCUT2D eigenvalue weighted by Crippen LogP contribution is -2.17. The molecule has 0 aromatic heterocycles. The van der Waals surface area contributed by atoms with Gasteiger partial charge in [-0.3, -0.25) is 20.2 Å². The molecule has 0 radical (unpaired) electrons. The summed E-state index contributed by atoms with van der Waals surface area (Å²) < 4.78 is 0. The molecule has 0 aliphatic carbocycles. The van der Waals surface area contributed by atoms with Crippen LogP contribution in [0.25, 0.3) is 0 Å². The molecule has 1 aromatic carbocycles. The summed E-state index contributed by atoms with van der Waals surface area (Å²) >= 11 is 0. The lowest BCUT2D eigenvalue weighted by Gasteiger charge is -2.16. The van der Waals surface area contributed by atoms with Crippen molar-refractivity contribution in [1.29, 1.82) is 0 Å². The van der Waals surface area contributed by atoms with Crippen molar-refractivity contribution in [2.24, 2.45) is 0 Å². The molecule has 0 unspecified atom stereocenters. The lowest BCUT2D eigenvalue weighted by atomic mass is 9.98. The zero-order valence-electron chi connectivity index (χ0n) is 11.8. The number of benzene rings is 1. The highest BCUT2D eigenvalue weighted by atomic mass is 16.6. The number of aromatic carboxylic acids is 1. The lowest BCUT2D eigenvalue weighted by molar-refractivity contribution is -0.393. The highest BCUT2D eigenvalue weighted by molar-refractivity contribution is 5.95. The minimum absolute atomic E-state index is 0.00398. The molecule has 0 heterocycles. The van der Waals surface area contributed by atoms with E-state index in [1.165, 1.54) is 19.0 Å². The third kappa shape index (κ3) is 3.07. The zero-order valence-corrected chi connectivity index (χ0v) is 11.8. The molecule has 0 bridgehead atoms. The molecule has 9 nitrogen and oxygen atoms in total. The van der Waals surface area contributed by atoms with Crippen molar-refractivity contribution in [3.8, 4) is 0 Å². The van der Waals surface area contributed by atoms with Crippen LogP contribution in [0.1, 0.15) is 29.3 Å². The summed E-state index contributed by atoms with van der Waals surface area (Å²) in [7, 11) is 2.87. The number of hydrogen-bond donors (Lipinski definition) is 1. The van der Waals surface area contributed by atoms with Gasteiger partial charge in [-0.2, -0.15) is 0 Å². The summed E-state index contributed by atoms with van der Waals surface area (Å²) in [4.78, 5) is 33.4. The molecule has 0 aliphatic heterocycles. The fourth-order valence-corrected chi connectivity index (χ4v) is 2.15. The molecule has 114 valence electrons. The summed E-state index contributed by atoms with van der Waals surface area (Å²) in [6.45, 7) is 1.74. The number of hydrogen-bond acceptors (Lipinski definition) is 6. The van der Waals surface area contributed by atoms with Crippen molar-refractivity contribution in [2.75, 3.05) is 19.0 Å². The quantitative estimate of drug-likeness (QED) is 0.629. The van der Waals surface area contributed by atoms with Crippen LogP contribution < -0.4 is 4.90 Å². The van der Waals surface area contributed by atoms with E-state index in [1.54, 1.807) is 6.92 Å². The minimum Gasteiger partial charge on any atom is -0.478 e. The van der Waals surface area contributed by atoms with Gasteiger partial charge in [-0.15, -0.1) is 0 Å². The first-order chi connectivity index (χ1) is 9.72. The van der Waals surface area contributed by atoms with Crippen LogP contribution >= 0.6 is 0 Å². The number of carboxylic acid groups (broad SMARTS) is 1. The van der Waals surface area contributed by atoms with E-state index in [0.717, 1.165) is 6.07 Å². The molecule has 0 amide bonds. The van der Waals surface area contributed by atoms with Crippen LogP contribution in [0.5, 0.6) is 0 Å². The van der Waals surface area contributed by atoms with Crippen molar-refractivity contribution in [2.45, 2.75) is 19.8 Å². The van der Waals surface area contributed by atoms with Gasteiger partial charge in [-0.1, -0.05) is 13.3 Å². The monoisotopic (exact) mass is 297 g/mol. The largest absolute Gasteiger partial charge is 0.478 e. The van der Waals surface area contributed by atoms with Crippen molar-refractivity contribution in [3.05, 3.63) is 37.4 Å². The molecule has 0 spiro atoms. The standard InChI is InChI=1S/C12H15N3O6/c1-4-5-7-8(12(16)17)6-9(14(18)19)11(13(2)3)10(7)15(20)21/h6H,4-5H2,1-3H3,(H,16,17). The van der Waals surface area contributed by atoms with Gasteiger partial charge in [0.2, 0.25) is 0 Å². The van der Waals surface area contributed by atoms with Gasteiger partial charge < -0.3 is 10.0 Å². The highest BCUT2D eigenvalue weighted by Crippen LogP contribution is 2.41. The molecule has 0 saturated heterocycles. The number of nitro benzene ring substituents is 2. The molecule has 1 aromatic rings. The van der Waals surface area contributed by atoms with Gasteiger partial charge in [-0.05, 0) is 6.42 Å². The molecular formula is C12H15N3O6. The number of rotatable bonds is 6. The number of carboxylic acids is 1. The number of carbonyl (C=O) groups is 1. The van der Waals surface area contributed by atoms with E-state index in [2.05, 4.69) is 0 Å². The first-order valence-electron chi connectivity index (χ1n) is 6.11. The van der Waals surface area contributed by atoms with Crippen LogP contribution in [0.4, 0.5) is 17.1 Å². The van der Waals surface area contributed by atoms with Gasteiger partial charge in [0, 0.05) is 25.7 Å². The second-order valence-electron chi connectivity index (χ2n) is 4.58. The molecule has 21 heavy (non-hydrogen) atoms. The van der Waals surface area contributed by atoms with Crippen LogP contribution in [0.15, 0.2) is 6.07 Å². The smallest absolute Gasteiger partial charge is 0.336 e. The Hall–Kier alpha value is -2.71. The second-order valence-corrected chi connectivity index (χ2v) is 4.58. The molecule has 0 fully saturated rings. The van der Waals surface area contributed by atoms with Gasteiger partial charge in [-0.25, -0.2) is 4.79 Å². The third-order valence-corrected chi connectivity index (χ3v) is 2.92. The van der Waals surface area contributed by atoms with Crippen LogP contribution in [0, 0.1) is 20.2 Å². The Kier molecular flexibility index (Phi) is 4.79. The van der Waals surface area contributed by atoms with Crippen molar-refractivity contribution >= 4 is 23.0 Å². The van der Waals surface area contributed by atoms with Gasteiger partial charge in [0.15, 0.2) is 5.69 Å². The van der Waals surface area contributed by atoms with E-state index < -0.39 is 32.8 Å². The predicted molar refractivity (Wildman–Crippen MR) is 75.0 cm³/mol. The van der Waals surface area contributed by atoms with Crippen LogP contribution in [-0.2, 0) is 6.42 Å². The van der Waals surface area contributed by atoms with E-state index in [1.807, 2.05) is 0 Å².